The fraction of sp³-hybridized carbons (Fsp3) is 0.556. The van der Waals surface area contributed by atoms with Gasteiger partial charge < -0.3 is 16.0 Å². The summed E-state index contributed by atoms with van der Waals surface area (Å²) in [6, 6.07) is 9.87. The predicted molar refractivity (Wildman–Crippen MR) is 90.8 cm³/mol. The molecule has 1 aromatic carbocycles. The molecule has 126 valence electrons. The number of hydrogen-bond donors (Lipinski definition) is 2. The number of rotatable bonds is 5. The zero-order chi connectivity index (χ0) is 17.0. The molecular weight excluding hydrogens is 290 g/mol. The van der Waals surface area contributed by atoms with Crippen LogP contribution < -0.4 is 11.1 Å². The molecule has 23 heavy (non-hydrogen) atoms. The first-order valence-electron chi connectivity index (χ1n) is 8.27. The average Bonchev–Trinajstić information content (AvgIpc) is 2.94. The molecule has 3 atom stereocenters. The molecule has 1 fully saturated rings. The summed E-state index contributed by atoms with van der Waals surface area (Å²) < 4.78 is 0. The van der Waals surface area contributed by atoms with Crippen molar-refractivity contribution in [2.45, 2.75) is 45.2 Å². The third-order valence-corrected chi connectivity index (χ3v) is 4.60. The van der Waals surface area contributed by atoms with Gasteiger partial charge in [-0.3, -0.25) is 9.59 Å². The molecular formula is C18H27N3O2. The van der Waals surface area contributed by atoms with Crippen LogP contribution in [0.1, 0.15) is 38.7 Å². The van der Waals surface area contributed by atoms with Gasteiger partial charge in [-0.2, -0.15) is 0 Å². The number of benzene rings is 1. The summed E-state index contributed by atoms with van der Waals surface area (Å²) in [5.74, 6) is 0.113. The van der Waals surface area contributed by atoms with Crippen molar-refractivity contribution >= 4 is 11.8 Å². The van der Waals surface area contributed by atoms with Gasteiger partial charge >= 0.3 is 0 Å². The molecule has 2 amide bonds. The number of hydrogen-bond acceptors (Lipinski definition) is 3. The van der Waals surface area contributed by atoms with Crippen LogP contribution in [0.15, 0.2) is 30.3 Å². The lowest BCUT2D eigenvalue weighted by atomic mass is 9.97. The normalized spacial score (nSPS) is 22.2. The second-order valence-corrected chi connectivity index (χ2v) is 6.73. The van der Waals surface area contributed by atoms with Gasteiger partial charge in [0.15, 0.2) is 0 Å². The van der Waals surface area contributed by atoms with E-state index in [1.54, 1.807) is 0 Å². The maximum Gasteiger partial charge on any atom is 0.242 e. The lowest BCUT2D eigenvalue weighted by molar-refractivity contribution is -0.133. The van der Waals surface area contributed by atoms with Crippen molar-refractivity contribution in [3.05, 3.63) is 35.9 Å². The number of nitrogens with two attached hydrogens (primary N) is 1. The molecule has 0 radical (unpaired) electrons. The standard InChI is InChI=1S/C18H27N3O2/c1-12(2)17(19)18(23)20-10-16(22)21-11-15(9-13(21)3)14-7-5-4-6-8-14/h4-8,12-13,15,17H,9-11,19H2,1-3H3,(H,20,23)/t13?,15?,17-/m0/s1. The molecule has 2 unspecified atom stereocenters. The Hall–Kier alpha value is -1.88. The van der Waals surface area contributed by atoms with Gasteiger partial charge in [0.2, 0.25) is 11.8 Å². The summed E-state index contributed by atoms with van der Waals surface area (Å²) in [5.41, 5.74) is 7.05. The first-order valence-corrected chi connectivity index (χ1v) is 8.27. The topological polar surface area (TPSA) is 75.4 Å². The van der Waals surface area contributed by atoms with Crippen molar-refractivity contribution < 1.29 is 9.59 Å². The van der Waals surface area contributed by atoms with E-state index in [0.29, 0.717) is 12.5 Å². The fourth-order valence-electron chi connectivity index (χ4n) is 3.03. The molecule has 2 rings (SSSR count). The van der Waals surface area contributed by atoms with E-state index < -0.39 is 6.04 Å². The predicted octanol–water partition coefficient (Wildman–Crippen LogP) is 1.49. The second-order valence-electron chi connectivity index (χ2n) is 6.73. The molecule has 1 heterocycles. The van der Waals surface area contributed by atoms with Crippen molar-refractivity contribution in [1.29, 1.82) is 0 Å². The average molecular weight is 317 g/mol. The maximum absolute atomic E-state index is 12.4. The summed E-state index contributed by atoms with van der Waals surface area (Å²) in [5, 5.41) is 2.66. The highest BCUT2D eigenvalue weighted by Crippen LogP contribution is 2.31. The van der Waals surface area contributed by atoms with E-state index in [2.05, 4.69) is 24.4 Å². The molecule has 5 heteroatoms. The number of nitrogens with one attached hydrogen (secondary N) is 1. The van der Waals surface area contributed by atoms with E-state index >= 15 is 0 Å². The lowest BCUT2D eigenvalue weighted by Crippen LogP contribution is -2.48. The van der Waals surface area contributed by atoms with Crippen LogP contribution in [0.25, 0.3) is 0 Å². The summed E-state index contributed by atoms with van der Waals surface area (Å²) in [7, 11) is 0. The van der Waals surface area contributed by atoms with E-state index in [9.17, 15) is 9.59 Å². The maximum atomic E-state index is 12.4. The zero-order valence-corrected chi connectivity index (χ0v) is 14.2. The Morgan fingerprint density at radius 2 is 1.96 bits per heavy atom. The highest BCUT2D eigenvalue weighted by molar-refractivity contribution is 5.87. The van der Waals surface area contributed by atoms with Crippen LogP contribution in [0, 0.1) is 5.92 Å². The van der Waals surface area contributed by atoms with Crippen molar-refractivity contribution in [2.24, 2.45) is 11.7 Å². The summed E-state index contributed by atoms with van der Waals surface area (Å²) in [6.07, 6.45) is 0.954. The van der Waals surface area contributed by atoms with Gasteiger partial charge in [0.25, 0.3) is 0 Å². The number of carbonyl (C=O) groups excluding carboxylic acids is 2. The summed E-state index contributed by atoms with van der Waals surface area (Å²) in [4.78, 5) is 26.1. The SMILES string of the molecule is CC(C)[C@H](N)C(=O)NCC(=O)N1CC(c2ccccc2)CC1C. The Bertz CT molecular complexity index is 544. The Morgan fingerprint density at radius 1 is 1.30 bits per heavy atom. The van der Waals surface area contributed by atoms with Crippen LogP contribution in [0.3, 0.4) is 0 Å². The van der Waals surface area contributed by atoms with Gasteiger partial charge in [-0.1, -0.05) is 44.2 Å². The molecule has 1 aliphatic rings. The molecule has 5 nitrogen and oxygen atoms in total. The minimum absolute atomic E-state index is 0.0190. The van der Waals surface area contributed by atoms with Gasteiger partial charge in [-0.05, 0) is 24.8 Å². The smallest absolute Gasteiger partial charge is 0.242 e. The lowest BCUT2D eigenvalue weighted by Gasteiger charge is -2.22. The van der Waals surface area contributed by atoms with Crippen LogP contribution in [-0.2, 0) is 9.59 Å². The zero-order valence-electron chi connectivity index (χ0n) is 14.2. The van der Waals surface area contributed by atoms with E-state index in [0.717, 1.165) is 6.42 Å². The van der Waals surface area contributed by atoms with E-state index in [4.69, 9.17) is 5.73 Å². The Kier molecular flexibility index (Phi) is 5.77. The minimum atomic E-state index is -0.573. The molecule has 1 aromatic rings. The molecule has 1 saturated heterocycles. The number of carbonyl (C=O) groups is 2. The van der Waals surface area contributed by atoms with Crippen molar-refractivity contribution in [3.63, 3.8) is 0 Å². The van der Waals surface area contributed by atoms with Crippen LogP contribution in [0.5, 0.6) is 0 Å². The molecule has 0 aliphatic carbocycles. The molecule has 3 N–H and O–H groups in total. The van der Waals surface area contributed by atoms with Crippen LogP contribution in [-0.4, -0.2) is 41.9 Å². The second kappa shape index (κ2) is 7.59. The van der Waals surface area contributed by atoms with Crippen molar-refractivity contribution in [2.75, 3.05) is 13.1 Å². The van der Waals surface area contributed by atoms with Gasteiger partial charge in [-0.25, -0.2) is 0 Å². The monoisotopic (exact) mass is 317 g/mol. The van der Waals surface area contributed by atoms with E-state index in [1.807, 2.05) is 36.9 Å². The first kappa shape index (κ1) is 17.5. The van der Waals surface area contributed by atoms with Crippen molar-refractivity contribution in [3.8, 4) is 0 Å². The van der Waals surface area contributed by atoms with Crippen LogP contribution >= 0.6 is 0 Å². The number of nitrogens with zero attached hydrogens (tertiary/aromatic N) is 1. The Balaban J connectivity index is 1.89. The summed E-state index contributed by atoms with van der Waals surface area (Å²) >= 11 is 0. The van der Waals surface area contributed by atoms with Gasteiger partial charge in [-0.15, -0.1) is 0 Å². The summed E-state index contributed by atoms with van der Waals surface area (Å²) in [6.45, 7) is 6.56. The highest BCUT2D eigenvalue weighted by Gasteiger charge is 2.33. The molecule has 0 saturated carbocycles. The van der Waals surface area contributed by atoms with E-state index in [-0.39, 0.29) is 30.3 Å². The quantitative estimate of drug-likeness (QED) is 0.864. The number of amides is 2. The molecule has 1 aliphatic heterocycles. The molecule has 0 aromatic heterocycles. The van der Waals surface area contributed by atoms with Crippen LogP contribution in [0.2, 0.25) is 0 Å². The Labute approximate surface area is 138 Å². The van der Waals surface area contributed by atoms with Gasteiger partial charge in [0.1, 0.15) is 0 Å². The largest absolute Gasteiger partial charge is 0.346 e. The third-order valence-electron chi connectivity index (χ3n) is 4.60. The minimum Gasteiger partial charge on any atom is -0.346 e. The van der Waals surface area contributed by atoms with Gasteiger partial charge in [0, 0.05) is 18.5 Å². The third kappa shape index (κ3) is 4.32. The fourth-order valence-corrected chi connectivity index (χ4v) is 3.03. The van der Waals surface area contributed by atoms with Gasteiger partial charge in [0.05, 0.1) is 12.6 Å². The first-order chi connectivity index (χ1) is 10.9. The molecule has 0 spiro atoms. The highest BCUT2D eigenvalue weighted by atomic mass is 16.2. The Morgan fingerprint density at radius 3 is 2.57 bits per heavy atom. The number of likely N-dealkylation sites (tertiary alicyclic amines) is 1. The molecule has 0 bridgehead atoms. The van der Waals surface area contributed by atoms with E-state index in [1.165, 1.54) is 5.56 Å². The van der Waals surface area contributed by atoms with Crippen LogP contribution in [0.4, 0.5) is 0 Å². The van der Waals surface area contributed by atoms with Crippen molar-refractivity contribution in [1.82, 2.24) is 10.2 Å².